The summed E-state index contributed by atoms with van der Waals surface area (Å²) in [6, 6.07) is 5.77. The Morgan fingerprint density at radius 3 is 2.92 bits per heavy atom. The van der Waals surface area contributed by atoms with Crippen LogP contribution in [0.2, 0.25) is 0 Å². The average Bonchev–Trinajstić information content (AvgIpc) is 3.03. The second kappa shape index (κ2) is 8.31. The molecule has 1 N–H and O–H groups in total. The minimum Gasteiger partial charge on any atom is -0.462 e. The lowest BCUT2D eigenvalue weighted by atomic mass is 10.1. The summed E-state index contributed by atoms with van der Waals surface area (Å²) in [7, 11) is 0. The molecular formula is C17H20ClIN2O3. The van der Waals surface area contributed by atoms with Crippen molar-refractivity contribution >= 4 is 51.9 Å². The predicted octanol–water partition coefficient (Wildman–Crippen LogP) is 2.81. The molecule has 1 fully saturated rings. The summed E-state index contributed by atoms with van der Waals surface area (Å²) in [6.07, 6.45) is 2.76. The van der Waals surface area contributed by atoms with Crippen LogP contribution in [0.1, 0.15) is 23.7 Å². The van der Waals surface area contributed by atoms with Gasteiger partial charge in [-0.2, -0.15) is 0 Å². The minimum absolute atomic E-state index is 0. The Labute approximate surface area is 160 Å². The molecule has 2 heterocycles. The van der Waals surface area contributed by atoms with Crippen LogP contribution in [-0.2, 0) is 11.3 Å². The van der Waals surface area contributed by atoms with E-state index in [9.17, 15) is 9.59 Å². The summed E-state index contributed by atoms with van der Waals surface area (Å²) in [5, 5.41) is 3.93. The average molecular weight is 463 g/mol. The first kappa shape index (κ1) is 19.2. The van der Waals surface area contributed by atoms with Gasteiger partial charge in [0.1, 0.15) is 5.56 Å². The summed E-state index contributed by atoms with van der Waals surface area (Å²) >= 11 is 2.18. The molecule has 2 aromatic rings. The zero-order valence-electron chi connectivity index (χ0n) is 13.4. The summed E-state index contributed by atoms with van der Waals surface area (Å²) in [6.45, 7) is 4.77. The van der Waals surface area contributed by atoms with Crippen molar-refractivity contribution in [1.82, 2.24) is 9.88 Å². The Morgan fingerprint density at radius 1 is 1.46 bits per heavy atom. The van der Waals surface area contributed by atoms with Crippen LogP contribution < -0.4 is 10.7 Å². The first-order valence-corrected chi connectivity index (χ1v) is 8.88. The van der Waals surface area contributed by atoms with Gasteiger partial charge >= 0.3 is 5.97 Å². The van der Waals surface area contributed by atoms with E-state index >= 15 is 0 Å². The molecule has 1 aromatic heterocycles. The molecule has 1 aliphatic heterocycles. The van der Waals surface area contributed by atoms with E-state index in [1.807, 2.05) is 22.8 Å². The summed E-state index contributed by atoms with van der Waals surface area (Å²) in [4.78, 5) is 24.8. The van der Waals surface area contributed by atoms with Gasteiger partial charge in [0.2, 0.25) is 5.43 Å². The number of esters is 1. The van der Waals surface area contributed by atoms with E-state index in [1.54, 1.807) is 13.1 Å². The molecule has 3 rings (SSSR count). The van der Waals surface area contributed by atoms with E-state index in [2.05, 4.69) is 27.9 Å². The van der Waals surface area contributed by atoms with Crippen molar-refractivity contribution in [3.63, 3.8) is 0 Å². The van der Waals surface area contributed by atoms with Crippen molar-refractivity contribution in [2.24, 2.45) is 5.92 Å². The van der Waals surface area contributed by atoms with Gasteiger partial charge in [0.25, 0.3) is 0 Å². The molecule has 0 radical (unpaired) electrons. The van der Waals surface area contributed by atoms with Gasteiger partial charge in [-0.1, -0.05) is 0 Å². The topological polar surface area (TPSA) is 60.3 Å². The molecular weight excluding hydrogens is 443 g/mol. The molecule has 0 bridgehead atoms. The third kappa shape index (κ3) is 3.92. The number of nitrogens with zero attached hydrogens (tertiary/aromatic N) is 1. The number of rotatable bonds is 4. The Balaban J connectivity index is 0.00000208. The normalized spacial score (nSPS) is 16.8. The molecule has 1 aromatic carbocycles. The fourth-order valence-corrected chi connectivity index (χ4v) is 3.51. The Kier molecular flexibility index (Phi) is 6.65. The van der Waals surface area contributed by atoms with E-state index in [-0.39, 0.29) is 30.0 Å². The maximum Gasteiger partial charge on any atom is 0.343 e. The van der Waals surface area contributed by atoms with Gasteiger partial charge in [-0.3, -0.25) is 4.79 Å². The van der Waals surface area contributed by atoms with Gasteiger partial charge in [-0.25, -0.2) is 4.79 Å². The molecule has 0 spiro atoms. The highest BCUT2D eigenvalue weighted by Crippen LogP contribution is 2.19. The van der Waals surface area contributed by atoms with Crippen LogP contribution in [0, 0.1) is 9.49 Å². The third-order valence-corrected chi connectivity index (χ3v) is 4.83. The second-order valence-electron chi connectivity index (χ2n) is 5.77. The molecule has 1 atom stereocenters. The first-order valence-electron chi connectivity index (χ1n) is 7.80. The maximum atomic E-state index is 12.7. The third-order valence-electron chi connectivity index (χ3n) is 4.15. The number of pyridine rings is 1. The van der Waals surface area contributed by atoms with Crippen molar-refractivity contribution in [2.45, 2.75) is 19.9 Å². The number of carbonyl (C=O) groups is 1. The number of hydrogen-bond acceptors (Lipinski definition) is 4. The Hall–Kier alpha value is -1.12. The summed E-state index contributed by atoms with van der Waals surface area (Å²) < 4.78 is 8.05. The number of carbonyl (C=O) groups excluding carboxylic acids is 1. The van der Waals surface area contributed by atoms with Crippen molar-refractivity contribution in [3.8, 4) is 0 Å². The Bertz CT molecular complexity index is 800. The highest BCUT2D eigenvalue weighted by atomic mass is 127. The fourth-order valence-electron chi connectivity index (χ4n) is 3.02. The lowest BCUT2D eigenvalue weighted by Gasteiger charge is -2.16. The van der Waals surface area contributed by atoms with E-state index in [4.69, 9.17) is 4.74 Å². The highest BCUT2D eigenvalue weighted by Gasteiger charge is 2.20. The maximum absolute atomic E-state index is 12.7. The van der Waals surface area contributed by atoms with Crippen LogP contribution >= 0.6 is 35.0 Å². The number of fused-ring (bicyclic) bond motifs is 1. The van der Waals surface area contributed by atoms with Gasteiger partial charge in [-0.05, 0) is 73.1 Å². The standard InChI is InChI=1S/C17H19IN2O3.ClH/c1-2-23-17(22)14-10-20(9-11-5-6-19-8-11)15-4-3-12(18)7-13(15)16(14)21;/h3-4,7,10-11,19H,2,5-6,8-9H2,1H3;1H. The lowest BCUT2D eigenvalue weighted by Crippen LogP contribution is -2.23. The van der Waals surface area contributed by atoms with Crippen molar-refractivity contribution in [3.05, 3.63) is 43.8 Å². The molecule has 0 saturated carbocycles. The SMILES string of the molecule is CCOC(=O)c1cn(CC2CCNC2)c2ccc(I)cc2c1=O.Cl. The molecule has 130 valence electrons. The zero-order chi connectivity index (χ0) is 16.4. The van der Waals surface area contributed by atoms with Crippen LogP contribution in [0.5, 0.6) is 0 Å². The van der Waals surface area contributed by atoms with Crippen LogP contribution in [0.25, 0.3) is 10.9 Å². The monoisotopic (exact) mass is 462 g/mol. The number of ether oxygens (including phenoxy) is 1. The first-order chi connectivity index (χ1) is 11.1. The van der Waals surface area contributed by atoms with E-state index in [1.165, 1.54) is 0 Å². The number of nitrogens with one attached hydrogen (secondary N) is 1. The van der Waals surface area contributed by atoms with Gasteiger partial charge in [0.15, 0.2) is 0 Å². The van der Waals surface area contributed by atoms with Crippen LogP contribution in [0.4, 0.5) is 0 Å². The molecule has 24 heavy (non-hydrogen) atoms. The smallest absolute Gasteiger partial charge is 0.343 e. The molecule has 0 aliphatic carbocycles. The molecule has 1 unspecified atom stereocenters. The number of hydrogen-bond donors (Lipinski definition) is 1. The van der Waals surface area contributed by atoms with Crippen molar-refractivity contribution < 1.29 is 9.53 Å². The van der Waals surface area contributed by atoms with Gasteiger partial charge in [-0.15, -0.1) is 12.4 Å². The van der Waals surface area contributed by atoms with E-state index < -0.39 is 5.97 Å². The molecule has 1 aliphatic rings. The van der Waals surface area contributed by atoms with Crippen LogP contribution in [0.15, 0.2) is 29.2 Å². The van der Waals surface area contributed by atoms with Crippen molar-refractivity contribution in [1.29, 1.82) is 0 Å². The quantitative estimate of drug-likeness (QED) is 0.561. The number of halogens is 2. The van der Waals surface area contributed by atoms with E-state index in [0.29, 0.717) is 11.3 Å². The lowest BCUT2D eigenvalue weighted by molar-refractivity contribution is 0.0524. The van der Waals surface area contributed by atoms with Crippen LogP contribution in [0.3, 0.4) is 0 Å². The van der Waals surface area contributed by atoms with Crippen molar-refractivity contribution in [2.75, 3.05) is 19.7 Å². The summed E-state index contributed by atoms with van der Waals surface area (Å²) in [5.74, 6) is -0.0356. The number of aromatic nitrogens is 1. The predicted molar refractivity (Wildman–Crippen MR) is 105 cm³/mol. The highest BCUT2D eigenvalue weighted by molar-refractivity contribution is 14.1. The number of benzene rings is 1. The Morgan fingerprint density at radius 2 is 2.25 bits per heavy atom. The largest absolute Gasteiger partial charge is 0.462 e. The zero-order valence-corrected chi connectivity index (χ0v) is 16.4. The van der Waals surface area contributed by atoms with Crippen LogP contribution in [-0.4, -0.2) is 30.2 Å². The molecule has 0 amide bonds. The second-order valence-corrected chi connectivity index (χ2v) is 7.01. The van der Waals surface area contributed by atoms with Gasteiger partial charge < -0.3 is 14.6 Å². The molecule has 5 nitrogen and oxygen atoms in total. The fraction of sp³-hybridized carbons (Fsp3) is 0.412. The molecule has 7 heteroatoms. The minimum atomic E-state index is -0.545. The summed E-state index contributed by atoms with van der Waals surface area (Å²) in [5.41, 5.74) is 0.737. The van der Waals surface area contributed by atoms with Gasteiger partial charge in [0.05, 0.1) is 12.1 Å². The van der Waals surface area contributed by atoms with Gasteiger partial charge in [0, 0.05) is 21.7 Å². The molecule has 1 saturated heterocycles. The van der Waals surface area contributed by atoms with E-state index in [0.717, 1.165) is 35.1 Å².